The van der Waals surface area contributed by atoms with Crippen LogP contribution in [-0.2, 0) is 58.7 Å². The fourth-order valence-electron chi connectivity index (χ4n) is 9.82. The number of ether oxygens (including phenoxy) is 1. The zero-order valence-electron chi connectivity index (χ0n) is 39.9. The number of nitrogens with zero attached hydrogens (tertiary/aromatic N) is 3. The molecule has 2 aromatic heterocycles. The van der Waals surface area contributed by atoms with Crippen molar-refractivity contribution in [2.75, 3.05) is 13.1 Å². The number of benzene rings is 1. The van der Waals surface area contributed by atoms with Gasteiger partial charge in [0.25, 0.3) is 5.56 Å². The number of aromatic nitrogens is 2. The number of unbranched alkanes of at least 4 members (excludes halogenated alkanes) is 2. The van der Waals surface area contributed by atoms with E-state index in [2.05, 4.69) is 21.3 Å². The Kier molecular flexibility index (Phi) is 15.1. The summed E-state index contributed by atoms with van der Waals surface area (Å²) in [7, 11) is 0. The molecule has 1 unspecified atom stereocenters. The maximum Gasteiger partial charge on any atom is 0.258 e. The third-order valence-corrected chi connectivity index (χ3v) is 14.8. The fourth-order valence-corrected chi connectivity index (χ4v) is 11.0. The van der Waals surface area contributed by atoms with Gasteiger partial charge in [0.15, 0.2) is 5.60 Å². The highest BCUT2D eigenvalue weighted by molar-refractivity contribution is 8.01. The summed E-state index contributed by atoms with van der Waals surface area (Å²) in [5, 5.41) is 31.8. The van der Waals surface area contributed by atoms with E-state index in [0.717, 1.165) is 16.5 Å². The lowest BCUT2D eigenvalue weighted by molar-refractivity contribution is -0.138. The second kappa shape index (κ2) is 20.5. The zero-order valence-corrected chi connectivity index (χ0v) is 40.7. The molecule has 1 saturated heterocycles. The van der Waals surface area contributed by atoms with Crippen LogP contribution in [0, 0.1) is 24.1 Å². The third kappa shape index (κ3) is 9.91. The summed E-state index contributed by atoms with van der Waals surface area (Å²) in [6, 6.07) is 0.728. The molecule has 17 nitrogen and oxygen atoms in total. The van der Waals surface area contributed by atoms with Crippen LogP contribution in [0.25, 0.3) is 22.3 Å². The molecule has 3 aliphatic heterocycles. The largest absolute Gasteiger partial charge is 0.474 e. The molecule has 0 radical (unpaired) electrons. The summed E-state index contributed by atoms with van der Waals surface area (Å²) < 4.78 is 22.4. The van der Waals surface area contributed by atoms with E-state index in [0.29, 0.717) is 66.7 Å². The Bertz CT molecular complexity index is 2630. The molecule has 3 aromatic rings. The molecular formula is C49H63FN8O9S. The average Bonchev–Trinajstić information content (AvgIpc) is 3.78. The number of pyridine rings is 2. The molecule has 6 amide bonds. The van der Waals surface area contributed by atoms with Crippen molar-refractivity contribution >= 4 is 64.0 Å². The van der Waals surface area contributed by atoms with Crippen molar-refractivity contribution < 1.29 is 43.0 Å². The average molecular weight is 959 g/mol. The van der Waals surface area contributed by atoms with Crippen molar-refractivity contribution in [3.05, 3.63) is 61.7 Å². The van der Waals surface area contributed by atoms with Crippen LogP contribution in [0.3, 0.4) is 0 Å². The number of rotatable bonds is 19. The van der Waals surface area contributed by atoms with Gasteiger partial charge in [0.2, 0.25) is 41.3 Å². The van der Waals surface area contributed by atoms with E-state index < -0.39 is 41.4 Å². The minimum atomic E-state index is -1.80. The lowest BCUT2D eigenvalue weighted by atomic mass is 9.81. The number of aryl methyl sites for hydroxylation is 1. The highest BCUT2D eigenvalue weighted by Gasteiger charge is 2.44. The molecule has 366 valence electrons. The molecule has 4 aliphatic rings. The number of likely N-dealkylation sites (tertiary alicyclic amines) is 1. The molecule has 68 heavy (non-hydrogen) atoms. The minimum Gasteiger partial charge on any atom is -0.474 e. The number of halogens is 1. The Morgan fingerprint density at radius 1 is 0.985 bits per heavy atom. The SMILES string of the molecule is CC[C@@]1(O)C(=N)OCc2c1cc1n(c2=O)Cc2c-1nc1cc(F)c(C)c3c1c2[C@@H](NC(=O)CCCNC(=O)[C@H](C)NC(=O)[C@@H](NC(=O)CCCCCN1C(=O)CC(SC(C)C)C1=O)C(C)C)CC3. The number of thioether (sulfide) groups is 1. The molecule has 0 spiro atoms. The number of imide groups is 1. The van der Waals surface area contributed by atoms with Gasteiger partial charge in [-0.2, -0.15) is 0 Å². The number of amides is 6. The molecule has 1 aliphatic carbocycles. The number of hydrogen-bond donors (Lipinski definition) is 6. The zero-order chi connectivity index (χ0) is 49.4. The van der Waals surface area contributed by atoms with Gasteiger partial charge in [-0.1, -0.05) is 41.0 Å². The fraction of sp³-hybridized carbons (Fsp3) is 0.571. The third-order valence-electron chi connectivity index (χ3n) is 13.6. The van der Waals surface area contributed by atoms with Crippen LogP contribution >= 0.6 is 11.8 Å². The molecule has 1 aromatic carbocycles. The molecular weight excluding hydrogens is 896 g/mol. The van der Waals surface area contributed by atoms with Crippen LogP contribution in [0.15, 0.2) is 16.9 Å². The van der Waals surface area contributed by atoms with E-state index in [-0.39, 0.29) is 114 Å². The Morgan fingerprint density at radius 2 is 1.72 bits per heavy atom. The highest BCUT2D eigenvalue weighted by Crippen LogP contribution is 2.46. The van der Waals surface area contributed by atoms with E-state index >= 15 is 4.39 Å². The molecule has 1 fully saturated rings. The Labute approximate surface area is 399 Å². The molecule has 0 bridgehead atoms. The van der Waals surface area contributed by atoms with Crippen molar-refractivity contribution in [3.8, 4) is 11.4 Å². The van der Waals surface area contributed by atoms with Crippen molar-refractivity contribution in [2.45, 2.75) is 160 Å². The van der Waals surface area contributed by atoms with Crippen LogP contribution < -0.4 is 26.8 Å². The summed E-state index contributed by atoms with van der Waals surface area (Å²) >= 11 is 1.50. The second-order valence-electron chi connectivity index (χ2n) is 19.0. The van der Waals surface area contributed by atoms with E-state index in [1.165, 1.54) is 29.7 Å². The van der Waals surface area contributed by atoms with Gasteiger partial charge in [0.1, 0.15) is 24.5 Å². The molecule has 5 atom stereocenters. The molecule has 19 heteroatoms. The van der Waals surface area contributed by atoms with Crippen LogP contribution in [0.1, 0.15) is 139 Å². The highest BCUT2D eigenvalue weighted by atomic mass is 32.2. The van der Waals surface area contributed by atoms with Crippen LogP contribution in [0.5, 0.6) is 0 Å². The number of hydrogen-bond acceptors (Lipinski definition) is 12. The lowest BCUT2D eigenvalue weighted by Gasteiger charge is -2.33. The summed E-state index contributed by atoms with van der Waals surface area (Å²) in [6.45, 7) is 12.9. The van der Waals surface area contributed by atoms with Crippen molar-refractivity contribution in [1.82, 2.24) is 35.7 Å². The van der Waals surface area contributed by atoms with E-state index in [9.17, 15) is 38.7 Å². The number of nitrogens with one attached hydrogen (secondary N) is 5. The quantitative estimate of drug-likeness (QED) is 0.0567. The van der Waals surface area contributed by atoms with Gasteiger partial charge in [-0.3, -0.25) is 43.9 Å². The minimum absolute atomic E-state index is 0.0606. The number of carbonyl (C=O) groups excluding carboxylic acids is 6. The topological polar surface area (TPSA) is 242 Å². The molecule has 6 N–H and O–H groups in total. The van der Waals surface area contributed by atoms with E-state index in [4.69, 9.17) is 15.1 Å². The Hall–Kier alpha value is -5.69. The first kappa shape index (κ1) is 50.2. The smallest absolute Gasteiger partial charge is 0.258 e. The first-order chi connectivity index (χ1) is 32.2. The van der Waals surface area contributed by atoms with Gasteiger partial charge < -0.3 is 35.7 Å². The van der Waals surface area contributed by atoms with Gasteiger partial charge in [0, 0.05) is 54.9 Å². The van der Waals surface area contributed by atoms with Gasteiger partial charge in [-0.25, -0.2) is 9.37 Å². The van der Waals surface area contributed by atoms with Gasteiger partial charge in [-0.05, 0) is 86.3 Å². The monoisotopic (exact) mass is 958 g/mol. The Morgan fingerprint density at radius 3 is 2.43 bits per heavy atom. The predicted molar refractivity (Wildman–Crippen MR) is 254 cm³/mol. The van der Waals surface area contributed by atoms with E-state index in [1.807, 2.05) is 13.8 Å². The first-order valence-electron chi connectivity index (χ1n) is 23.8. The van der Waals surface area contributed by atoms with Crippen LogP contribution in [0.4, 0.5) is 4.39 Å². The van der Waals surface area contributed by atoms with E-state index in [1.54, 1.807) is 38.3 Å². The number of fused-ring (bicyclic) bond motifs is 5. The summed E-state index contributed by atoms with van der Waals surface area (Å²) in [4.78, 5) is 98.0. The summed E-state index contributed by atoms with van der Waals surface area (Å²) in [5.41, 5.74) is 2.38. The maximum atomic E-state index is 15.4. The maximum absolute atomic E-state index is 15.4. The first-order valence-corrected chi connectivity index (χ1v) is 24.7. The standard InChI is InChI=1S/C49H63FN8O9S/c1-8-49(66)31-19-35-43-29(22-58(35)46(64)30(31)23-67-48(49)51)41-33(16-15-28-26(6)32(50)20-34(55-43)40(28)41)54-37(59)14-12-17-52-44(62)27(7)53-45(63)42(24(2)3)56-38(60)13-10-9-11-18-57-39(61)21-36(47(57)65)68-25(4)5/h19-20,24-25,27,33,36,42,51,66H,8-18,21-23H2,1-7H3,(H,52,62)(H,53,63)(H,54,59)(H,56,60)/t27-,33-,36?,42-,49-/m0/s1. The summed E-state index contributed by atoms with van der Waals surface area (Å²) in [6.07, 6.45) is 3.47. The number of aliphatic hydroxyl groups is 1. The van der Waals surface area contributed by atoms with Crippen molar-refractivity contribution in [3.63, 3.8) is 0 Å². The molecule has 7 rings (SSSR count). The van der Waals surface area contributed by atoms with Gasteiger partial charge in [-0.15, -0.1) is 11.8 Å². The molecule has 5 heterocycles. The van der Waals surface area contributed by atoms with Gasteiger partial charge in [0.05, 0.1) is 40.3 Å². The normalized spacial score (nSPS) is 20.2. The van der Waals surface area contributed by atoms with Crippen LogP contribution in [0.2, 0.25) is 0 Å². The Balaban J connectivity index is 0.909. The number of carbonyl (C=O) groups is 6. The molecule has 0 saturated carbocycles. The second-order valence-corrected chi connectivity index (χ2v) is 20.8. The lowest BCUT2D eigenvalue weighted by Crippen LogP contribution is -2.54. The predicted octanol–water partition coefficient (Wildman–Crippen LogP) is 4.45. The summed E-state index contributed by atoms with van der Waals surface area (Å²) in [5.74, 6) is -2.92. The van der Waals surface area contributed by atoms with Gasteiger partial charge >= 0.3 is 0 Å². The van der Waals surface area contributed by atoms with Crippen molar-refractivity contribution in [1.29, 1.82) is 5.41 Å². The van der Waals surface area contributed by atoms with Crippen LogP contribution in [-0.4, -0.2) is 96.6 Å². The van der Waals surface area contributed by atoms with Crippen molar-refractivity contribution in [2.24, 2.45) is 5.92 Å².